The topological polar surface area (TPSA) is 159 Å². The maximum Gasteiger partial charge on any atom is 0.237 e. The monoisotopic (exact) mass is 707 g/mol. The molecule has 2 aromatic carbocycles. The van der Waals surface area contributed by atoms with E-state index in [0.717, 1.165) is 30.6 Å². The van der Waals surface area contributed by atoms with Crippen molar-refractivity contribution < 1.29 is 19.4 Å². The van der Waals surface area contributed by atoms with E-state index < -0.39 is 6.35 Å². The summed E-state index contributed by atoms with van der Waals surface area (Å²) in [5, 5.41) is 23.5. The van der Waals surface area contributed by atoms with Crippen molar-refractivity contribution in [3.63, 3.8) is 0 Å². The molecule has 258 valence electrons. The van der Waals surface area contributed by atoms with Crippen molar-refractivity contribution in [1.29, 1.82) is 0 Å². The lowest BCUT2D eigenvalue weighted by molar-refractivity contribution is -0.119. The highest BCUT2D eigenvalue weighted by Gasteiger charge is 2.22. The Bertz CT molecular complexity index is 1800. The van der Waals surface area contributed by atoms with Gasteiger partial charge in [-0.05, 0) is 6.42 Å². The number of ether oxygens (including phenoxy) is 2. The van der Waals surface area contributed by atoms with E-state index in [2.05, 4.69) is 31.2 Å². The highest BCUT2D eigenvalue weighted by Crippen LogP contribution is 2.42. The van der Waals surface area contributed by atoms with Crippen LogP contribution in [0.1, 0.15) is 24.2 Å². The number of hydrogen-bond acceptors (Lipinski definition) is 12. The summed E-state index contributed by atoms with van der Waals surface area (Å²) in [6, 6.07) is 11.5. The van der Waals surface area contributed by atoms with Crippen LogP contribution in [-0.4, -0.2) is 95.2 Å². The van der Waals surface area contributed by atoms with Crippen LogP contribution in [0, 0.1) is 0 Å². The lowest BCUT2D eigenvalue weighted by atomic mass is 9.98. The van der Waals surface area contributed by atoms with E-state index in [1.54, 1.807) is 26.6 Å². The number of nitrogens with zero attached hydrogens (tertiary/aromatic N) is 5. The molecule has 2 aliphatic rings. The van der Waals surface area contributed by atoms with Gasteiger partial charge in [-0.2, -0.15) is 0 Å². The SMILES string of the molecule is COc1nc(-c2cccc(-c3cccc(-c4cnc(CNC[C@@H]5CCC(=O)N5)c(OC)n4)c3Cl)c2Cl)cnc1CNCCN1CCNC1O. The fourth-order valence-corrected chi connectivity index (χ4v) is 6.60. The van der Waals surface area contributed by atoms with Gasteiger partial charge in [0.2, 0.25) is 17.7 Å². The van der Waals surface area contributed by atoms with Gasteiger partial charge in [0.05, 0.1) is 48.0 Å². The number of halogens is 2. The largest absolute Gasteiger partial charge is 0.480 e. The van der Waals surface area contributed by atoms with Crippen molar-refractivity contribution >= 4 is 29.1 Å². The average molecular weight is 709 g/mol. The molecular weight excluding hydrogens is 669 g/mol. The minimum absolute atomic E-state index is 0.0811. The molecule has 0 radical (unpaired) electrons. The van der Waals surface area contributed by atoms with Gasteiger partial charge in [0, 0.05) is 80.5 Å². The Kier molecular flexibility index (Phi) is 11.5. The molecule has 2 fully saturated rings. The third-order valence-electron chi connectivity index (χ3n) is 8.56. The fraction of sp³-hybridized carbons (Fsp3) is 0.382. The van der Waals surface area contributed by atoms with Gasteiger partial charge in [0.1, 0.15) is 11.4 Å². The molecule has 0 aliphatic carbocycles. The highest BCUT2D eigenvalue weighted by molar-refractivity contribution is 6.39. The number of aliphatic hydroxyl groups excluding tert-OH is 1. The Morgan fingerprint density at radius 2 is 1.47 bits per heavy atom. The molecule has 0 bridgehead atoms. The number of nitrogens with one attached hydrogen (secondary N) is 4. The number of rotatable bonds is 14. The van der Waals surface area contributed by atoms with Crippen molar-refractivity contribution in [3.05, 3.63) is 70.2 Å². The van der Waals surface area contributed by atoms with Crippen molar-refractivity contribution in [3.8, 4) is 45.4 Å². The molecular formula is C34H39Cl2N9O4. The van der Waals surface area contributed by atoms with E-state index in [1.807, 2.05) is 41.3 Å². The van der Waals surface area contributed by atoms with Crippen LogP contribution in [0.3, 0.4) is 0 Å². The summed E-state index contributed by atoms with van der Waals surface area (Å²) in [6.45, 7) is 4.46. The van der Waals surface area contributed by atoms with Crippen molar-refractivity contribution in [2.24, 2.45) is 0 Å². The first-order chi connectivity index (χ1) is 23.9. The number of amides is 1. The molecule has 2 atom stereocenters. The standard InChI is InChI=1S/C34H39Cl2N9O4/c1-48-32-27(16-37-11-13-45-14-12-39-34(45)47)40-18-25(43-32)23-7-3-5-21(30(23)35)22-6-4-8-24(31(22)36)26-19-41-28(33(44-26)49-2)17-38-15-20-9-10-29(46)42-20/h3-8,18-20,34,37-39,47H,9-17H2,1-2H3,(H,42,46)/t20-,34?/m0/s1. The first kappa shape index (κ1) is 34.9. The van der Waals surface area contributed by atoms with E-state index in [9.17, 15) is 9.90 Å². The maximum absolute atomic E-state index is 11.5. The average Bonchev–Trinajstić information content (AvgIpc) is 3.73. The Morgan fingerprint density at radius 3 is 1.98 bits per heavy atom. The van der Waals surface area contributed by atoms with E-state index in [0.29, 0.717) is 94.9 Å². The zero-order valence-electron chi connectivity index (χ0n) is 27.3. The molecule has 49 heavy (non-hydrogen) atoms. The molecule has 0 spiro atoms. The summed E-state index contributed by atoms with van der Waals surface area (Å²) in [5.41, 5.74) is 5.21. The fourth-order valence-electron chi connectivity index (χ4n) is 5.95. The summed E-state index contributed by atoms with van der Waals surface area (Å²) in [6.07, 6.45) is 4.11. The van der Waals surface area contributed by atoms with Crippen molar-refractivity contribution in [1.82, 2.24) is 46.1 Å². The normalized spacial score (nSPS) is 17.8. The lowest BCUT2D eigenvalue weighted by Crippen LogP contribution is -2.39. The van der Waals surface area contributed by atoms with Gasteiger partial charge in [-0.3, -0.25) is 25.0 Å². The van der Waals surface area contributed by atoms with Crippen molar-refractivity contribution in [2.75, 3.05) is 46.9 Å². The minimum Gasteiger partial charge on any atom is -0.480 e. The number of hydrogen-bond donors (Lipinski definition) is 5. The second-order valence-electron chi connectivity index (χ2n) is 11.7. The number of aromatic nitrogens is 4. The van der Waals surface area contributed by atoms with Gasteiger partial charge in [0.15, 0.2) is 6.35 Å². The number of aliphatic hydroxyl groups is 1. The summed E-state index contributed by atoms with van der Waals surface area (Å²) in [7, 11) is 3.11. The van der Waals surface area contributed by atoms with E-state index >= 15 is 0 Å². The van der Waals surface area contributed by atoms with Crippen molar-refractivity contribution in [2.45, 2.75) is 38.3 Å². The third kappa shape index (κ3) is 8.10. The predicted molar refractivity (Wildman–Crippen MR) is 187 cm³/mol. The lowest BCUT2D eigenvalue weighted by Gasteiger charge is -2.19. The van der Waals surface area contributed by atoms with Crippen LogP contribution >= 0.6 is 23.2 Å². The maximum atomic E-state index is 11.5. The molecule has 4 heterocycles. The van der Waals surface area contributed by atoms with Gasteiger partial charge in [0.25, 0.3) is 0 Å². The van der Waals surface area contributed by atoms with Crippen LogP contribution in [0.4, 0.5) is 0 Å². The molecule has 13 nitrogen and oxygen atoms in total. The van der Waals surface area contributed by atoms with Gasteiger partial charge < -0.3 is 30.5 Å². The third-order valence-corrected chi connectivity index (χ3v) is 9.37. The van der Waals surface area contributed by atoms with Crippen LogP contribution in [0.5, 0.6) is 11.8 Å². The van der Waals surface area contributed by atoms with Crippen LogP contribution in [0.15, 0.2) is 48.8 Å². The van der Waals surface area contributed by atoms with Crippen LogP contribution in [0.25, 0.3) is 33.6 Å². The highest BCUT2D eigenvalue weighted by atomic mass is 35.5. The van der Waals surface area contributed by atoms with Crippen LogP contribution in [0.2, 0.25) is 10.0 Å². The first-order valence-electron chi connectivity index (χ1n) is 16.1. The molecule has 4 aromatic rings. The second-order valence-corrected chi connectivity index (χ2v) is 12.5. The smallest absolute Gasteiger partial charge is 0.237 e. The Labute approximate surface area is 294 Å². The first-order valence-corrected chi connectivity index (χ1v) is 16.9. The van der Waals surface area contributed by atoms with Gasteiger partial charge in [-0.1, -0.05) is 59.6 Å². The predicted octanol–water partition coefficient (Wildman–Crippen LogP) is 3.23. The Morgan fingerprint density at radius 1 is 0.898 bits per heavy atom. The molecule has 15 heteroatoms. The number of methoxy groups -OCH3 is 2. The molecule has 2 saturated heterocycles. The molecule has 6 rings (SSSR count). The van der Waals surface area contributed by atoms with Gasteiger partial charge in [-0.25, -0.2) is 9.97 Å². The van der Waals surface area contributed by atoms with Crippen LogP contribution in [-0.2, 0) is 17.9 Å². The molecule has 2 aliphatic heterocycles. The number of benzene rings is 2. The Balaban J connectivity index is 1.18. The summed E-state index contributed by atoms with van der Waals surface area (Å²) >= 11 is 14.1. The molecule has 1 unspecified atom stereocenters. The second kappa shape index (κ2) is 16.2. The summed E-state index contributed by atoms with van der Waals surface area (Å²) < 4.78 is 11.2. The van der Waals surface area contributed by atoms with E-state index in [4.69, 9.17) is 42.6 Å². The zero-order valence-corrected chi connectivity index (χ0v) is 28.8. The zero-order chi connectivity index (χ0) is 34.3. The van der Waals surface area contributed by atoms with E-state index in [1.165, 1.54) is 0 Å². The Hall–Kier alpha value is -3.95. The number of carbonyl (C=O) groups excluding carboxylic acids is 1. The minimum atomic E-state index is -0.607. The van der Waals surface area contributed by atoms with Crippen LogP contribution < -0.4 is 30.7 Å². The number of carbonyl (C=O) groups is 1. The van der Waals surface area contributed by atoms with Gasteiger partial charge >= 0.3 is 0 Å². The summed E-state index contributed by atoms with van der Waals surface area (Å²) in [4.78, 5) is 32.1. The van der Waals surface area contributed by atoms with E-state index in [-0.39, 0.29) is 11.9 Å². The van der Waals surface area contributed by atoms with Gasteiger partial charge in [-0.15, -0.1) is 0 Å². The summed E-state index contributed by atoms with van der Waals surface area (Å²) in [5.74, 6) is 0.860. The quantitative estimate of drug-likeness (QED) is 0.122. The molecule has 0 saturated carbocycles. The molecule has 5 N–H and O–H groups in total. The molecule has 1 amide bonds. The molecule has 2 aromatic heterocycles.